The van der Waals surface area contributed by atoms with Gasteiger partial charge in [-0.3, -0.25) is 0 Å². The van der Waals surface area contributed by atoms with Crippen molar-refractivity contribution < 1.29 is 8.42 Å². The third kappa shape index (κ3) is 4.60. The number of nitrogens with zero attached hydrogens (tertiary/aromatic N) is 1. The zero-order valence-corrected chi connectivity index (χ0v) is 12.4. The summed E-state index contributed by atoms with van der Waals surface area (Å²) in [6, 6.07) is 3.77. The van der Waals surface area contributed by atoms with Crippen LogP contribution in [-0.2, 0) is 10.0 Å². The molecule has 0 unspecified atom stereocenters. The van der Waals surface area contributed by atoms with Crippen LogP contribution >= 0.6 is 0 Å². The first-order valence-electron chi connectivity index (χ1n) is 6.09. The molecule has 7 heteroatoms. The van der Waals surface area contributed by atoms with Gasteiger partial charge in [0.25, 0.3) is 0 Å². The summed E-state index contributed by atoms with van der Waals surface area (Å²) in [4.78, 5) is 2.04. The molecule has 6 nitrogen and oxygen atoms in total. The Balaban J connectivity index is 2.80. The van der Waals surface area contributed by atoms with Crippen molar-refractivity contribution in [3.8, 4) is 0 Å². The average Bonchev–Trinajstić information content (AvgIpc) is 2.29. The third-order valence-corrected chi connectivity index (χ3v) is 3.62. The van der Waals surface area contributed by atoms with Gasteiger partial charge in [-0.1, -0.05) is 0 Å². The first kappa shape index (κ1) is 15.6. The van der Waals surface area contributed by atoms with E-state index < -0.39 is 10.0 Å². The highest BCUT2D eigenvalue weighted by Crippen LogP contribution is 2.26. The minimum atomic E-state index is -3.15. The van der Waals surface area contributed by atoms with E-state index in [4.69, 9.17) is 11.5 Å². The quantitative estimate of drug-likeness (QED) is 0.662. The lowest BCUT2D eigenvalue weighted by molar-refractivity contribution is 0.587. The Bertz CT molecular complexity index is 520. The van der Waals surface area contributed by atoms with Gasteiger partial charge >= 0.3 is 0 Å². The van der Waals surface area contributed by atoms with Crippen molar-refractivity contribution in [3.05, 3.63) is 17.7 Å². The van der Waals surface area contributed by atoms with Crippen LogP contribution in [0.4, 0.5) is 17.1 Å². The number of hydrogen-bond donors (Lipinski definition) is 3. The lowest BCUT2D eigenvalue weighted by Crippen LogP contribution is -2.34. The van der Waals surface area contributed by atoms with Gasteiger partial charge in [-0.2, -0.15) is 0 Å². The number of aryl methyl sites for hydroxylation is 1. The van der Waals surface area contributed by atoms with Crippen molar-refractivity contribution in [3.63, 3.8) is 0 Å². The summed E-state index contributed by atoms with van der Waals surface area (Å²) >= 11 is 0. The van der Waals surface area contributed by atoms with Crippen LogP contribution in [0, 0.1) is 6.92 Å². The second kappa shape index (κ2) is 6.12. The molecule has 0 heterocycles. The van der Waals surface area contributed by atoms with Gasteiger partial charge in [-0.25, -0.2) is 13.1 Å². The van der Waals surface area contributed by atoms with Crippen molar-refractivity contribution in [2.45, 2.75) is 13.8 Å². The molecule has 0 aliphatic heterocycles. The van der Waals surface area contributed by atoms with Gasteiger partial charge in [0.1, 0.15) is 0 Å². The van der Waals surface area contributed by atoms with Crippen molar-refractivity contribution in [1.29, 1.82) is 0 Å². The molecule has 0 amide bonds. The molecule has 0 saturated heterocycles. The fourth-order valence-corrected chi connectivity index (χ4v) is 2.29. The monoisotopic (exact) mass is 286 g/mol. The molecule has 5 N–H and O–H groups in total. The molecule has 0 spiro atoms. The van der Waals surface area contributed by atoms with Crippen molar-refractivity contribution >= 4 is 27.1 Å². The third-order valence-electron chi connectivity index (χ3n) is 2.90. The smallest absolute Gasteiger partial charge is 0.208 e. The zero-order chi connectivity index (χ0) is 14.6. The molecule has 108 valence electrons. The molecule has 0 radical (unpaired) electrons. The number of sulfonamides is 1. The van der Waals surface area contributed by atoms with Gasteiger partial charge in [0.15, 0.2) is 0 Å². The highest BCUT2D eigenvalue weighted by molar-refractivity contribution is 7.88. The van der Waals surface area contributed by atoms with Gasteiger partial charge < -0.3 is 16.4 Å². The Kier molecular flexibility index (Phi) is 5.02. The van der Waals surface area contributed by atoms with E-state index in [1.165, 1.54) is 0 Å². The Morgan fingerprint density at radius 1 is 1.32 bits per heavy atom. The number of rotatable bonds is 6. The van der Waals surface area contributed by atoms with E-state index in [-0.39, 0.29) is 0 Å². The molecule has 0 saturated carbocycles. The maximum absolute atomic E-state index is 11.0. The largest absolute Gasteiger partial charge is 0.397 e. The van der Waals surface area contributed by atoms with Gasteiger partial charge in [0, 0.05) is 25.3 Å². The zero-order valence-electron chi connectivity index (χ0n) is 11.6. The fraction of sp³-hybridized carbons (Fsp3) is 0.500. The molecule has 1 aromatic rings. The molecule has 0 aromatic heterocycles. The molecule has 0 aliphatic carbocycles. The number of anilines is 3. The van der Waals surface area contributed by atoms with E-state index in [1.54, 1.807) is 0 Å². The Morgan fingerprint density at radius 3 is 2.42 bits per heavy atom. The highest BCUT2D eigenvalue weighted by Gasteiger charge is 2.09. The molecular weight excluding hydrogens is 264 g/mol. The summed E-state index contributed by atoms with van der Waals surface area (Å²) in [5, 5.41) is 0. The summed E-state index contributed by atoms with van der Waals surface area (Å²) < 4.78 is 24.5. The van der Waals surface area contributed by atoms with Crippen LogP contribution in [-0.4, -0.2) is 34.3 Å². The van der Waals surface area contributed by atoms with E-state index >= 15 is 0 Å². The van der Waals surface area contributed by atoms with Crippen molar-refractivity contribution in [1.82, 2.24) is 4.72 Å². The van der Waals surface area contributed by atoms with Gasteiger partial charge in [0.05, 0.1) is 17.6 Å². The second-order valence-corrected chi connectivity index (χ2v) is 6.34. The Morgan fingerprint density at radius 2 is 1.95 bits per heavy atom. The summed E-state index contributed by atoms with van der Waals surface area (Å²) in [5.74, 6) is 0. The lowest BCUT2D eigenvalue weighted by Gasteiger charge is -2.24. The predicted molar refractivity (Wildman–Crippen MR) is 80.7 cm³/mol. The van der Waals surface area contributed by atoms with Crippen LogP contribution in [0.5, 0.6) is 0 Å². The second-order valence-electron chi connectivity index (χ2n) is 4.51. The maximum atomic E-state index is 11.0. The highest BCUT2D eigenvalue weighted by atomic mass is 32.2. The molecular formula is C12H22N4O2S. The van der Waals surface area contributed by atoms with Crippen LogP contribution in [0.15, 0.2) is 12.1 Å². The van der Waals surface area contributed by atoms with Crippen molar-refractivity contribution in [2.24, 2.45) is 0 Å². The van der Waals surface area contributed by atoms with Crippen LogP contribution in [0.25, 0.3) is 0 Å². The molecule has 0 fully saturated rings. The number of likely N-dealkylation sites (N-methyl/N-ethyl adjacent to an activating group) is 1. The van der Waals surface area contributed by atoms with Gasteiger partial charge in [0.2, 0.25) is 10.0 Å². The normalized spacial score (nSPS) is 11.5. The topological polar surface area (TPSA) is 101 Å². The average molecular weight is 286 g/mol. The van der Waals surface area contributed by atoms with Gasteiger partial charge in [-0.05, 0) is 31.5 Å². The fourth-order valence-electron chi connectivity index (χ4n) is 1.82. The van der Waals surface area contributed by atoms with E-state index in [0.717, 1.165) is 24.1 Å². The molecule has 1 rings (SSSR count). The number of hydrogen-bond acceptors (Lipinski definition) is 5. The summed E-state index contributed by atoms with van der Waals surface area (Å²) in [5.41, 5.74) is 14.7. The summed E-state index contributed by atoms with van der Waals surface area (Å²) in [7, 11) is -3.15. The molecule has 0 aliphatic rings. The Hall–Kier alpha value is -1.47. The summed E-state index contributed by atoms with van der Waals surface area (Å²) in [6.07, 6.45) is 1.15. The number of nitrogens with one attached hydrogen (secondary N) is 1. The SMILES string of the molecule is CCN(CCNS(C)(=O)=O)c1cc(C)c(N)c(N)c1. The molecule has 19 heavy (non-hydrogen) atoms. The number of benzene rings is 1. The first-order valence-corrected chi connectivity index (χ1v) is 7.99. The minimum absolute atomic E-state index is 0.357. The van der Waals surface area contributed by atoms with E-state index in [9.17, 15) is 8.42 Å². The van der Waals surface area contributed by atoms with E-state index in [0.29, 0.717) is 24.5 Å². The van der Waals surface area contributed by atoms with Crippen molar-refractivity contribution in [2.75, 3.05) is 42.3 Å². The van der Waals surface area contributed by atoms with Crippen LogP contribution in [0.3, 0.4) is 0 Å². The predicted octanol–water partition coefficient (Wildman–Crippen LogP) is 0.535. The molecule has 0 atom stereocenters. The maximum Gasteiger partial charge on any atom is 0.208 e. The van der Waals surface area contributed by atoms with Gasteiger partial charge in [-0.15, -0.1) is 0 Å². The van der Waals surface area contributed by atoms with Crippen LogP contribution in [0.2, 0.25) is 0 Å². The van der Waals surface area contributed by atoms with E-state index in [2.05, 4.69) is 4.72 Å². The van der Waals surface area contributed by atoms with Crippen LogP contribution in [0.1, 0.15) is 12.5 Å². The molecule has 0 bridgehead atoms. The van der Waals surface area contributed by atoms with Crippen LogP contribution < -0.4 is 21.1 Å². The number of nitrogen functional groups attached to an aromatic ring is 2. The number of nitrogens with two attached hydrogens (primary N) is 2. The minimum Gasteiger partial charge on any atom is -0.397 e. The van der Waals surface area contributed by atoms with E-state index in [1.807, 2.05) is 30.9 Å². The Labute approximate surface area is 114 Å². The standard InChI is InChI=1S/C12H22N4O2S/c1-4-16(6-5-15-19(3,17)18)10-7-9(2)12(14)11(13)8-10/h7-8,15H,4-6,13-14H2,1-3H3. The first-order chi connectivity index (χ1) is 8.74. The summed E-state index contributed by atoms with van der Waals surface area (Å²) in [6.45, 7) is 5.59. The molecule has 1 aromatic carbocycles. The lowest BCUT2D eigenvalue weighted by atomic mass is 10.1.